The van der Waals surface area contributed by atoms with Crippen LogP contribution in [0.3, 0.4) is 0 Å². The summed E-state index contributed by atoms with van der Waals surface area (Å²) in [5.74, 6) is -3.72. The van der Waals surface area contributed by atoms with Crippen molar-refractivity contribution in [3.8, 4) is 11.1 Å². The first kappa shape index (κ1) is 25.7. The molecule has 0 saturated carbocycles. The Bertz CT molecular complexity index is 1050. The average molecular weight is 483 g/mol. The van der Waals surface area contributed by atoms with Crippen molar-refractivity contribution in [3.05, 3.63) is 59.7 Å². The van der Waals surface area contributed by atoms with Crippen LogP contribution < -0.4 is 10.6 Å². The molecule has 0 saturated heterocycles. The summed E-state index contributed by atoms with van der Waals surface area (Å²) in [7, 11) is 1.14. The Balaban J connectivity index is 1.58. The molecule has 1 aliphatic carbocycles. The molecule has 2 atom stereocenters. The molecule has 186 valence electrons. The third kappa shape index (κ3) is 6.17. The second-order valence-corrected chi connectivity index (χ2v) is 8.74. The van der Waals surface area contributed by atoms with E-state index in [9.17, 15) is 24.3 Å². The van der Waals surface area contributed by atoms with Crippen molar-refractivity contribution in [2.24, 2.45) is 11.8 Å². The minimum Gasteiger partial charge on any atom is -0.480 e. The lowest BCUT2D eigenvalue weighted by molar-refractivity contribution is -0.149. The van der Waals surface area contributed by atoms with Crippen molar-refractivity contribution in [1.82, 2.24) is 10.6 Å². The third-order valence-electron chi connectivity index (χ3n) is 6.16. The van der Waals surface area contributed by atoms with Crippen LogP contribution in [0.4, 0.5) is 4.79 Å². The molecule has 0 aliphatic heterocycles. The standard InChI is InChI=1S/C26H30N2O7/c1-15(2)20(24(30)28-22(25(31)32)12-23(29)34-3)13-27-26(33)35-14-21-18-10-6-4-8-16(18)17-9-5-7-11-19(17)21/h4-11,15,20-22H,12-14H2,1-3H3,(H,27,33)(H,28,30)(H,31,32)/t20?,22-/m1/s1. The van der Waals surface area contributed by atoms with Gasteiger partial charge in [-0.3, -0.25) is 9.59 Å². The number of methoxy groups -OCH3 is 1. The van der Waals surface area contributed by atoms with Crippen LogP contribution in [0.15, 0.2) is 48.5 Å². The largest absolute Gasteiger partial charge is 0.480 e. The minimum atomic E-state index is -1.43. The summed E-state index contributed by atoms with van der Waals surface area (Å²) in [6.07, 6.45) is -1.17. The van der Waals surface area contributed by atoms with E-state index in [-0.39, 0.29) is 25.0 Å². The highest BCUT2D eigenvalue weighted by Gasteiger charge is 2.31. The fourth-order valence-electron chi connectivity index (χ4n) is 4.20. The number of benzene rings is 2. The van der Waals surface area contributed by atoms with Crippen LogP contribution in [0.2, 0.25) is 0 Å². The van der Waals surface area contributed by atoms with Gasteiger partial charge in [-0.15, -0.1) is 0 Å². The molecular weight excluding hydrogens is 452 g/mol. The average Bonchev–Trinajstić information content (AvgIpc) is 3.15. The van der Waals surface area contributed by atoms with Gasteiger partial charge in [-0.25, -0.2) is 9.59 Å². The van der Waals surface area contributed by atoms with Crippen molar-refractivity contribution < 1.29 is 33.8 Å². The number of carboxylic acids is 1. The fraction of sp³-hybridized carbons (Fsp3) is 0.385. The summed E-state index contributed by atoms with van der Waals surface area (Å²) in [4.78, 5) is 48.0. The predicted octanol–water partition coefficient (Wildman–Crippen LogP) is 2.93. The molecule has 0 heterocycles. The molecule has 1 unspecified atom stereocenters. The number of nitrogens with one attached hydrogen (secondary N) is 2. The van der Waals surface area contributed by atoms with Crippen molar-refractivity contribution in [3.63, 3.8) is 0 Å². The zero-order valence-electron chi connectivity index (χ0n) is 19.9. The Kier molecular flexibility index (Phi) is 8.46. The monoisotopic (exact) mass is 482 g/mol. The zero-order chi connectivity index (χ0) is 25.5. The van der Waals surface area contributed by atoms with Gasteiger partial charge in [0.25, 0.3) is 0 Å². The molecule has 0 spiro atoms. The van der Waals surface area contributed by atoms with E-state index in [1.165, 1.54) is 0 Å². The van der Waals surface area contributed by atoms with Gasteiger partial charge in [-0.05, 0) is 28.2 Å². The number of carbonyl (C=O) groups excluding carboxylic acids is 3. The Hall–Kier alpha value is -3.88. The SMILES string of the molecule is COC(=O)C[C@@H](NC(=O)C(CNC(=O)OCC1c2ccccc2-c2ccccc21)C(C)C)C(=O)O. The third-order valence-corrected chi connectivity index (χ3v) is 6.16. The maximum atomic E-state index is 12.7. The number of aliphatic carboxylic acids is 1. The first-order chi connectivity index (χ1) is 16.7. The van der Waals surface area contributed by atoms with Gasteiger partial charge in [-0.1, -0.05) is 62.4 Å². The van der Waals surface area contributed by atoms with Crippen LogP contribution in [0, 0.1) is 11.8 Å². The first-order valence-electron chi connectivity index (χ1n) is 11.4. The van der Waals surface area contributed by atoms with E-state index in [2.05, 4.69) is 15.4 Å². The Morgan fingerprint density at radius 3 is 2.06 bits per heavy atom. The molecule has 0 fully saturated rings. The van der Waals surface area contributed by atoms with Crippen molar-refractivity contribution >= 4 is 23.9 Å². The van der Waals surface area contributed by atoms with Gasteiger partial charge in [0.1, 0.15) is 12.6 Å². The van der Waals surface area contributed by atoms with E-state index in [0.29, 0.717) is 0 Å². The number of carboxylic acid groups (broad SMARTS) is 1. The van der Waals surface area contributed by atoms with E-state index in [0.717, 1.165) is 29.4 Å². The number of hydrogen-bond donors (Lipinski definition) is 3. The molecule has 0 bridgehead atoms. The summed E-state index contributed by atoms with van der Waals surface area (Å²) in [6, 6.07) is 14.6. The zero-order valence-corrected chi connectivity index (χ0v) is 19.9. The van der Waals surface area contributed by atoms with Crippen LogP contribution in [-0.2, 0) is 23.9 Å². The lowest BCUT2D eigenvalue weighted by Gasteiger charge is -2.23. The Morgan fingerprint density at radius 2 is 1.54 bits per heavy atom. The molecule has 3 N–H and O–H groups in total. The molecule has 2 aromatic carbocycles. The predicted molar refractivity (Wildman–Crippen MR) is 128 cm³/mol. The molecule has 3 rings (SSSR count). The second kappa shape index (κ2) is 11.5. The summed E-state index contributed by atoms with van der Waals surface area (Å²) >= 11 is 0. The number of ether oxygens (including phenoxy) is 2. The van der Waals surface area contributed by atoms with E-state index in [1.54, 1.807) is 13.8 Å². The van der Waals surface area contributed by atoms with Crippen LogP contribution in [0.1, 0.15) is 37.3 Å². The number of fused-ring (bicyclic) bond motifs is 3. The molecule has 0 aromatic heterocycles. The van der Waals surface area contributed by atoms with E-state index in [1.807, 2.05) is 48.5 Å². The molecule has 35 heavy (non-hydrogen) atoms. The van der Waals surface area contributed by atoms with Crippen molar-refractivity contribution in [2.45, 2.75) is 32.2 Å². The van der Waals surface area contributed by atoms with Crippen molar-refractivity contribution in [1.29, 1.82) is 0 Å². The first-order valence-corrected chi connectivity index (χ1v) is 11.4. The fourth-order valence-corrected chi connectivity index (χ4v) is 4.20. The molecule has 9 nitrogen and oxygen atoms in total. The maximum absolute atomic E-state index is 12.7. The number of amides is 2. The van der Waals surface area contributed by atoms with Crippen molar-refractivity contribution in [2.75, 3.05) is 20.3 Å². The van der Waals surface area contributed by atoms with Gasteiger partial charge in [0.15, 0.2) is 0 Å². The highest BCUT2D eigenvalue weighted by Crippen LogP contribution is 2.44. The number of hydrogen-bond acceptors (Lipinski definition) is 6. The van der Waals surface area contributed by atoms with Gasteiger partial charge >= 0.3 is 18.0 Å². The molecule has 2 aromatic rings. The summed E-state index contributed by atoms with van der Waals surface area (Å²) < 4.78 is 9.98. The van der Waals surface area contributed by atoms with Gasteiger partial charge in [0.2, 0.25) is 5.91 Å². The smallest absolute Gasteiger partial charge is 0.407 e. The Morgan fingerprint density at radius 1 is 0.971 bits per heavy atom. The van der Waals surface area contributed by atoms with E-state index in [4.69, 9.17) is 4.74 Å². The van der Waals surface area contributed by atoms with E-state index >= 15 is 0 Å². The number of carbonyl (C=O) groups is 4. The van der Waals surface area contributed by atoms with Gasteiger partial charge in [-0.2, -0.15) is 0 Å². The molecule has 9 heteroatoms. The van der Waals surface area contributed by atoms with Gasteiger partial charge in [0, 0.05) is 12.5 Å². The molecule has 1 aliphatic rings. The number of rotatable bonds is 10. The van der Waals surface area contributed by atoms with Gasteiger partial charge < -0.3 is 25.2 Å². The summed E-state index contributed by atoms with van der Waals surface area (Å²) in [6.45, 7) is 3.64. The van der Waals surface area contributed by atoms with Crippen LogP contribution in [0.5, 0.6) is 0 Å². The normalized spacial score (nSPS) is 13.8. The molecule has 0 radical (unpaired) electrons. The van der Waals surface area contributed by atoms with Crippen LogP contribution >= 0.6 is 0 Å². The Labute approximate surface area is 203 Å². The summed E-state index contributed by atoms with van der Waals surface area (Å²) in [5.41, 5.74) is 4.42. The molecular formula is C26H30N2O7. The highest BCUT2D eigenvalue weighted by molar-refractivity contribution is 5.88. The minimum absolute atomic E-state index is 0.0509. The van der Waals surface area contributed by atoms with Gasteiger partial charge in [0.05, 0.1) is 19.4 Å². The summed E-state index contributed by atoms with van der Waals surface area (Å²) in [5, 5.41) is 14.3. The highest BCUT2D eigenvalue weighted by atomic mass is 16.5. The quantitative estimate of drug-likeness (QED) is 0.444. The maximum Gasteiger partial charge on any atom is 0.407 e. The van der Waals surface area contributed by atoms with Crippen LogP contribution in [-0.4, -0.2) is 55.3 Å². The van der Waals surface area contributed by atoms with Crippen LogP contribution in [0.25, 0.3) is 11.1 Å². The topological polar surface area (TPSA) is 131 Å². The van der Waals surface area contributed by atoms with E-state index < -0.39 is 42.3 Å². The number of alkyl carbamates (subject to hydrolysis) is 1. The number of esters is 1. The second-order valence-electron chi connectivity index (χ2n) is 8.74. The lowest BCUT2D eigenvalue weighted by atomic mass is 9.94. The molecule has 2 amide bonds. The lowest BCUT2D eigenvalue weighted by Crippen LogP contribution is -2.48.